The van der Waals surface area contributed by atoms with Gasteiger partial charge in [-0.15, -0.1) is 6.58 Å². The number of allylic oxidation sites excluding steroid dienone is 1. The summed E-state index contributed by atoms with van der Waals surface area (Å²) in [5.74, 6) is 0. The molecule has 1 atom stereocenters. The van der Waals surface area contributed by atoms with E-state index >= 15 is 0 Å². The van der Waals surface area contributed by atoms with Crippen LogP contribution in [-0.2, 0) is 0 Å². The first-order valence-electron chi connectivity index (χ1n) is 9.60. The number of hydrogen-bond acceptors (Lipinski definition) is 1. The minimum absolute atomic E-state index is 0.101. The van der Waals surface area contributed by atoms with Crippen LogP contribution in [0.2, 0.25) is 0 Å². The Bertz CT molecular complexity index is 200. The van der Waals surface area contributed by atoms with Crippen LogP contribution in [0.1, 0.15) is 110 Å². The Kier molecular flexibility index (Phi) is 17.5. The predicted molar refractivity (Wildman–Crippen MR) is 95.7 cm³/mol. The van der Waals surface area contributed by atoms with Crippen LogP contribution in [0.5, 0.6) is 0 Å². The molecule has 0 aliphatic carbocycles. The van der Waals surface area contributed by atoms with Gasteiger partial charge in [-0.1, -0.05) is 96.5 Å². The Labute approximate surface area is 134 Å². The van der Waals surface area contributed by atoms with Crippen LogP contribution in [0.3, 0.4) is 0 Å². The topological polar surface area (TPSA) is 20.2 Å². The van der Waals surface area contributed by atoms with Gasteiger partial charge in [-0.3, -0.25) is 0 Å². The van der Waals surface area contributed by atoms with E-state index in [0.29, 0.717) is 0 Å². The molecule has 0 fully saturated rings. The van der Waals surface area contributed by atoms with Gasteiger partial charge in [0.25, 0.3) is 0 Å². The molecular weight excluding hydrogens is 256 g/mol. The highest BCUT2D eigenvalue weighted by atomic mass is 16.3. The van der Waals surface area contributed by atoms with Gasteiger partial charge in [0.15, 0.2) is 0 Å². The van der Waals surface area contributed by atoms with Gasteiger partial charge < -0.3 is 5.11 Å². The standard InChI is InChI=1S/C20H40O/c1-3-5-7-8-9-10-11-12-13-14-15-16-17-19-20(21)18-6-4-2/h4,20-21H,2-3,5-19H2,1H3. The molecule has 0 amide bonds. The summed E-state index contributed by atoms with van der Waals surface area (Å²) >= 11 is 0. The van der Waals surface area contributed by atoms with Crippen LogP contribution in [-0.4, -0.2) is 11.2 Å². The molecule has 1 nitrogen and oxygen atoms in total. The second kappa shape index (κ2) is 17.8. The molecule has 0 aliphatic rings. The zero-order valence-electron chi connectivity index (χ0n) is 14.6. The first kappa shape index (κ1) is 20.7. The lowest BCUT2D eigenvalue weighted by Crippen LogP contribution is -2.05. The summed E-state index contributed by atoms with van der Waals surface area (Å²) in [5.41, 5.74) is 0. The van der Waals surface area contributed by atoms with Gasteiger partial charge in [-0.25, -0.2) is 0 Å². The van der Waals surface area contributed by atoms with Crippen molar-refractivity contribution in [3.05, 3.63) is 12.7 Å². The average Bonchev–Trinajstić information content (AvgIpc) is 2.49. The molecule has 1 unspecified atom stereocenters. The number of aliphatic hydroxyl groups is 1. The summed E-state index contributed by atoms with van der Waals surface area (Å²) in [6.07, 6.45) is 22.7. The third-order valence-corrected chi connectivity index (χ3v) is 4.34. The number of rotatable bonds is 17. The highest BCUT2D eigenvalue weighted by molar-refractivity contribution is 4.69. The zero-order valence-corrected chi connectivity index (χ0v) is 14.6. The average molecular weight is 297 g/mol. The molecule has 1 N–H and O–H groups in total. The minimum Gasteiger partial charge on any atom is -0.393 e. The van der Waals surface area contributed by atoms with Crippen LogP contribution < -0.4 is 0 Å². The fourth-order valence-electron chi connectivity index (χ4n) is 2.85. The van der Waals surface area contributed by atoms with Gasteiger partial charge in [0.05, 0.1) is 6.10 Å². The zero-order chi connectivity index (χ0) is 15.6. The Balaban J connectivity index is 3.04. The fourth-order valence-corrected chi connectivity index (χ4v) is 2.85. The lowest BCUT2D eigenvalue weighted by molar-refractivity contribution is 0.152. The van der Waals surface area contributed by atoms with Crippen LogP contribution in [0.25, 0.3) is 0 Å². The largest absolute Gasteiger partial charge is 0.393 e. The SMILES string of the molecule is C=CCCC(O)CCCCCCCCCCCCCCC. The second-order valence-corrected chi connectivity index (χ2v) is 6.55. The summed E-state index contributed by atoms with van der Waals surface area (Å²) in [6.45, 7) is 5.97. The molecule has 0 heterocycles. The maximum absolute atomic E-state index is 9.71. The molecule has 126 valence electrons. The lowest BCUT2D eigenvalue weighted by Gasteiger charge is -2.08. The monoisotopic (exact) mass is 296 g/mol. The molecule has 0 radical (unpaired) electrons. The van der Waals surface area contributed by atoms with Crippen molar-refractivity contribution in [3.63, 3.8) is 0 Å². The number of unbranched alkanes of at least 4 members (excludes halogenated alkanes) is 12. The Morgan fingerprint density at radius 3 is 1.57 bits per heavy atom. The maximum atomic E-state index is 9.71. The normalized spacial score (nSPS) is 12.5. The Hall–Kier alpha value is -0.300. The van der Waals surface area contributed by atoms with Gasteiger partial charge in [0.2, 0.25) is 0 Å². The van der Waals surface area contributed by atoms with Crippen LogP contribution >= 0.6 is 0 Å². The third kappa shape index (κ3) is 17.6. The Morgan fingerprint density at radius 2 is 1.14 bits per heavy atom. The van der Waals surface area contributed by atoms with E-state index in [0.717, 1.165) is 19.3 Å². The molecular formula is C20H40O. The first-order valence-corrected chi connectivity index (χ1v) is 9.60. The van der Waals surface area contributed by atoms with Crippen LogP contribution in [0.4, 0.5) is 0 Å². The molecule has 0 aromatic heterocycles. The summed E-state index contributed by atoms with van der Waals surface area (Å²) in [6, 6.07) is 0. The van der Waals surface area contributed by atoms with E-state index in [2.05, 4.69) is 13.5 Å². The Morgan fingerprint density at radius 1 is 0.714 bits per heavy atom. The van der Waals surface area contributed by atoms with E-state index in [1.165, 1.54) is 83.5 Å². The smallest absolute Gasteiger partial charge is 0.0543 e. The molecule has 0 saturated carbocycles. The van der Waals surface area contributed by atoms with Crippen molar-refractivity contribution in [3.8, 4) is 0 Å². The van der Waals surface area contributed by atoms with E-state index in [4.69, 9.17) is 0 Å². The molecule has 0 aliphatic heterocycles. The summed E-state index contributed by atoms with van der Waals surface area (Å²) in [5, 5.41) is 9.71. The van der Waals surface area contributed by atoms with Gasteiger partial charge in [0, 0.05) is 0 Å². The van der Waals surface area contributed by atoms with Crippen molar-refractivity contribution in [2.45, 2.75) is 116 Å². The molecule has 1 heteroatoms. The first-order chi connectivity index (χ1) is 10.3. The van der Waals surface area contributed by atoms with Crippen molar-refractivity contribution < 1.29 is 5.11 Å². The highest BCUT2D eigenvalue weighted by Crippen LogP contribution is 2.14. The van der Waals surface area contributed by atoms with Gasteiger partial charge >= 0.3 is 0 Å². The van der Waals surface area contributed by atoms with E-state index in [1.807, 2.05) is 6.08 Å². The van der Waals surface area contributed by atoms with E-state index < -0.39 is 0 Å². The fraction of sp³-hybridized carbons (Fsp3) is 0.900. The van der Waals surface area contributed by atoms with Gasteiger partial charge in [-0.2, -0.15) is 0 Å². The second-order valence-electron chi connectivity index (χ2n) is 6.55. The number of hydrogen-bond donors (Lipinski definition) is 1. The van der Waals surface area contributed by atoms with Crippen molar-refractivity contribution in [2.75, 3.05) is 0 Å². The number of aliphatic hydroxyl groups excluding tert-OH is 1. The maximum Gasteiger partial charge on any atom is 0.0543 e. The van der Waals surface area contributed by atoms with Crippen molar-refractivity contribution in [1.29, 1.82) is 0 Å². The molecule has 0 aromatic rings. The summed E-state index contributed by atoms with van der Waals surface area (Å²) in [4.78, 5) is 0. The van der Waals surface area contributed by atoms with Crippen molar-refractivity contribution in [2.24, 2.45) is 0 Å². The van der Waals surface area contributed by atoms with E-state index in [1.54, 1.807) is 0 Å². The van der Waals surface area contributed by atoms with Gasteiger partial charge in [0.1, 0.15) is 0 Å². The van der Waals surface area contributed by atoms with Crippen LogP contribution in [0.15, 0.2) is 12.7 Å². The van der Waals surface area contributed by atoms with E-state index in [-0.39, 0.29) is 6.10 Å². The molecule has 0 bridgehead atoms. The van der Waals surface area contributed by atoms with Gasteiger partial charge in [-0.05, 0) is 19.3 Å². The quantitative estimate of drug-likeness (QED) is 0.231. The molecule has 0 spiro atoms. The summed E-state index contributed by atoms with van der Waals surface area (Å²) < 4.78 is 0. The highest BCUT2D eigenvalue weighted by Gasteiger charge is 2.02. The minimum atomic E-state index is -0.101. The van der Waals surface area contributed by atoms with Crippen molar-refractivity contribution in [1.82, 2.24) is 0 Å². The summed E-state index contributed by atoms with van der Waals surface area (Å²) in [7, 11) is 0. The van der Waals surface area contributed by atoms with Crippen molar-refractivity contribution >= 4 is 0 Å². The predicted octanol–water partition coefficient (Wildman–Crippen LogP) is 6.79. The lowest BCUT2D eigenvalue weighted by atomic mass is 10.0. The molecule has 0 saturated heterocycles. The molecule has 0 aromatic carbocycles. The third-order valence-electron chi connectivity index (χ3n) is 4.34. The molecule has 21 heavy (non-hydrogen) atoms. The van der Waals surface area contributed by atoms with Crippen LogP contribution in [0, 0.1) is 0 Å². The van der Waals surface area contributed by atoms with E-state index in [9.17, 15) is 5.11 Å². The molecule has 0 rings (SSSR count).